The molecule has 14 heavy (non-hydrogen) atoms. The summed E-state index contributed by atoms with van der Waals surface area (Å²) in [6.07, 6.45) is 6.02. The average Bonchev–Trinajstić information content (AvgIpc) is 2.25. The fourth-order valence-corrected chi connectivity index (χ4v) is 1.72. The van der Waals surface area contributed by atoms with Crippen molar-refractivity contribution in [3.05, 3.63) is 0 Å². The summed E-state index contributed by atoms with van der Waals surface area (Å²) in [4.78, 5) is 4.64. The lowest BCUT2D eigenvalue weighted by atomic mass is 9.98. The van der Waals surface area contributed by atoms with Gasteiger partial charge in [-0.15, -0.1) is 0 Å². The third-order valence-electron chi connectivity index (χ3n) is 2.54. The van der Waals surface area contributed by atoms with Crippen molar-refractivity contribution < 1.29 is 14.7 Å². The van der Waals surface area contributed by atoms with Gasteiger partial charge in [-0.25, -0.2) is 5.48 Å². The standard InChI is InChI=1S/C10H21NO3/c1-13-11-7-9(12)8-14-10-5-3-2-4-6-10/h9-12H,2-8H2,1H3. The van der Waals surface area contributed by atoms with E-state index in [4.69, 9.17) is 4.74 Å². The van der Waals surface area contributed by atoms with E-state index in [-0.39, 0.29) is 0 Å². The number of hydroxylamine groups is 1. The highest BCUT2D eigenvalue weighted by atomic mass is 16.6. The van der Waals surface area contributed by atoms with Crippen LogP contribution in [0.5, 0.6) is 0 Å². The first kappa shape index (κ1) is 11.9. The second-order valence-corrected chi connectivity index (χ2v) is 3.80. The number of aliphatic hydroxyl groups is 1. The van der Waals surface area contributed by atoms with Gasteiger partial charge < -0.3 is 14.7 Å². The largest absolute Gasteiger partial charge is 0.389 e. The molecule has 1 rings (SSSR count). The van der Waals surface area contributed by atoms with Crippen LogP contribution >= 0.6 is 0 Å². The van der Waals surface area contributed by atoms with Crippen LogP contribution in [0.4, 0.5) is 0 Å². The molecule has 4 heteroatoms. The Hall–Kier alpha value is -0.160. The van der Waals surface area contributed by atoms with Gasteiger partial charge in [-0.1, -0.05) is 19.3 Å². The molecular weight excluding hydrogens is 182 g/mol. The lowest BCUT2D eigenvalue weighted by molar-refractivity contribution is -0.0375. The summed E-state index contributed by atoms with van der Waals surface area (Å²) in [7, 11) is 1.54. The summed E-state index contributed by atoms with van der Waals surface area (Å²) in [6, 6.07) is 0. The van der Waals surface area contributed by atoms with Crippen molar-refractivity contribution in [2.24, 2.45) is 0 Å². The lowest BCUT2D eigenvalue weighted by Gasteiger charge is -2.23. The molecule has 1 aliphatic rings. The summed E-state index contributed by atoms with van der Waals surface area (Å²) in [5.41, 5.74) is 2.61. The zero-order valence-corrected chi connectivity index (χ0v) is 8.87. The first-order chi connectivity index (χ1) is 6.83. The number of hydrogen-bond acceptors (Lipinski definition) is 4. The van der Waals surface area contributed by atoms with E-state index >= 15 is 0 Å². The zero-order chi connectivity index (χ0) is 10.2. The lowest BCUT2D eigenvalue weighted by Crippen LogP contribution is -2.32. The van der Waals surface area contributed by atoms with Gasteiger partial charge >= 0.3 is 0 Å². The van der Waals surface area contributed by atoms with Gasteiger partial charge in [0.1, 0.15) is 0 Å². The van der Waals surface area contributed by atoms with Crippen molar-refractivity contribution in [2.45, 2.75) is 44.3 Å². The normalized spacial score (nSPS) is 21.0. The maximum absolute atomic E-state index is 9.44. The molecule has 0 spiro atoms. The Morgan fingerprint density at radius 3 is 2.71 bits per heavy atom. The fraction of sp³-hybridized carbons (Fsp3) is 1.00. The predicted molar refractivity (Wildman–Crippen MR) is 53.8 cm³/mol. The summed E-state index contributed by atoms with van der Waals surface area (Å²) in [6.45, 7) is 0.824. The minimum atomic E-state index is -0.475. The quantitative estimate of drug-likeness (QED) is 0.628. The number of ether oxygens (including phenoxy) is 1. The predicted octanol–water partition coefficient (Wildman–Crippen LogP) is 0.848. The SMILES string of the molecule is CONCC(O)COC1CCCCC1. The van der Waals surface area contributed by atoms with E-state index in [0.29, 0.717) is 19.3 Å². The maximum Gasteiger partial charge on any atom is 0.0921 e. The van der Waals surface area contributed by atoms with E-state index in [1.54, 1.807) is 0 Å². The van der Waals surface area contributed by atoms with Crippen LogP contribution < -0.4 is 5.48 Å². The van der Waals surface area contributed by atoms with Crippen LogP contribution in [-0.4, -0.2) is 37.6 Å². The Bertz CT molecular complexity index is 137. The van der Waals surface area contributed by atoms with Crippen LogP contribution in [0, 0.1) is 0 Å². The Balaban J connectivity index is 2.00. The number of hydrogen-bond donors (Lipinski definition) is 2. The third-order valence-corrected chi connectivity index (χ3v) is 2.54. The van der Waals surface area contributed by atoms with Gasteiger partial charge in [0, 0.05) is 6.54 Å². The van der Waals surface area contributed by atoms with Crippen LogP contribution in [0.3, 0.4) is 0 Å². The van der Waals surface area contributed by atoms with Crippen LogP contribution in [0.15, 0.2) is 0 Å². The Morgan fingerprint density at radius 2 is 2.07 bits per heavy atom. The van der Waals surface area contributed by atoms with Crippen molar-refractivity contribution in [3.63, 3.8) is 0 Å². The molecule has 0 amide bonds. The topological polar surface area (TPSA) is 50.7 Å². The molecule has 1 unspecified atom stereocenters. The average molecular weight is 203 g/mol. The maximum atomic E-state index is 9.44. The molecule has 2 N–H and O–H groups in total. The molecule has 1 aliphatic carbocycles. The number of nitrogens with one attached hydrogen (secondary N) is 1. The number of rotatable bonds is 6. The molecule has 0 aromatic rings. The van der Waals surface area contributed by atoms with Gasteiger partial charge in [-0.05, 0) is 12.8 Å². The summed E-state index contributed by atoms with van der Waals surface area (Å²) in [5, 5.41) is 9.44. The van der Waals surface area contributed by atoms with Crippen molar-refractivity contribution in [1.29, 1.82) is 0 Å². The van der Waals surface area contributed by atoms with Crippen molar-refractivity contribution in [3.8, 4) is 0 Å². The molecule has 1 fully saturated rings. The van der Waals surface area contributed by atoms with Crippen LogP contribution in [0.25, 0.3) is 0 Å². The second kappa shape index (κ2) is 7.17. The van der Waals surface area contributed by atoms with E-state index in [2.05, 4.69) is 10.3 Å². The van der Waals surface area contributed by atoms with Gasteiger partial charge in [0.25, 0.3) is 0 Å². The molecule has 84 valence electrons. The van der Waals surface area contributed by atoms with Crippen molar-refractivity contribution in [1.82, 2.24) is 5.48 Å². The molecule has 1 atom stereocenters. The highest BCUT2D eigenvalue weighted by Gasteiger charge is 2.15. The van der Waals surface area contributed by atoms with E-state index in [1.807, 2.05) is 0 Å². The monoisotopic (exact) mass is 203 g/mol. The highest BCUT2D eigenvalue weighted by molar-refractivity contribution is 4.66. The molecule has 0 radical (unpaired) electrons. The molecule has 0 aromatic carbocycles. The Labute approximate surface area is 85.5 Å². The van der Waals surface area contributed by atoms with E-state index in [9.17, 15) is 5.11 Å². The number of aliphatic hydroxyl groups excluding tert-OH is 1. The van der Waals surface area contributed by atoms with Gasteiger partial charge in [-0.2, -0.15) is 0 Å². The van der Waals surface area contributed by atoms with Crippen molar-refractivity contribution >= 4 is 0 Å². The van der Waals surface area contributed by atoms with Gasteiger partial charge in [0.2, 0.25) is 0 Å². The van der Waals surface area contributed by atoms with Crippen molar-refractivity contribution in [2.75, 3.05) is 20.3 Å². The Morgan fingerprint density at radius 1 is 1.36 bits per heavy atom. The highest BCUT2D eigenvalue weighted by Crippen LogP contribution is 2.20. The Kier molecular flexibility index (Phi) is 6.10. The van der Waals surface area contributed by atoms with E-state index < -0.39 is 6.10 Å². The summed E-state index contributed by atoms with van der Waals surface area (Å²) in [5.74, 6) is 0. The fourth-order valence-electron chi connectivity index (χ4n) is 1.72. The minimum Gasteiger partial charge on any atom is -0.389 e. The van der Waals surface area contributed by atoms with Crippen LogP contribution in [0.2, 0.25) is 0 Å². The second-order valence-electron chi connectivity index (χ2n) is 3.80. The molecule has 4 nitrogen and oxygen atoms in total. The smallest absolute Gasteiger partial charge is 0.0921 e. The molecular formula is C10H21NO3. The first-order valence-electron chi connectivity index (χ1n) is 5.38. The van der Waals surface area contributed by atoms with Gasteiger partial charge in [0.15, 0.2) is 0 Å². The zero-order valence-electron chi connectivity index (χ0n) is 8.87. The molecule has 0 aromatic heterocycles. The molecule has 0 saturated heterocycles. The molecule has 0 heterocycles. The molecule has 0 aliphatic heterocycles. The van der Waals surface area contributed by atoms with Crippen LogP contribution in [-0.2, 0) is 9.57 Å². The molecule has 1 saturated carbocycles. The summed E-state index contributed by atoms with van der Waals surface area (Å²) < 4.78 is 5.60. The summed E-state index contributed by atoms with van der Waals surface area (Å²) >= 11 is 0. The van der Waals surface area contributed by atoms with E-state index in [1.165, 1.54) is 26.4 Å². The van der Waals surface area contributed by atoms with Gasteiger partial charge in [-0.3, -0.25) is 0 Å². The minimum absolute atomic E-state index is 0.362. The molecule has 0 bridgehead atoms. The third kappa shape index (κ3) is 4.91. The van der Waals surface area contributed by atoms with E-state index in [0.717, 1.165) is 12.8 Å². The first-order valence-corrected chi connectivity index (χ1v) is 5.38. The van der Waals surface area contributed by atoms with Gasteiger partial charge in [0.05, 0.1) is 25.9 Å². The van der Waals surface area contributed by atoms with Crippen LogP contribution in [0.1, 0.15) is 32.1 Å².